The molecule has 2 rings (SSSR count). The molecular weight excluding hydrogens is 240 g/mol. The van der Waals surface area contributed by atoms with Gasteiger partial charge in [0.15, 0.2) is 0 Å². The quantitative estimate of drug-likeness (QED) is 0.636. The number of rotatable bonds is 6. The van der Waals surface area contributed by atoms with Crippen LogP contribution in [0.1, 0.15) is 19.4 Å². The van der Waals surface area contributed by atoms with Crippen LogP contribution >= 0.6 is 0 Å². The molecule has 19 heavy (non-hydrogen) atoms. The van der Waals surface area contributed by atoms with Crippen molar-refractivity contribution in [3.63, 3.8) is 0 Å². The molecular formula is C15H22N2O2. The molecule has 0 aliphatic carbocycles. The van der Waals surface area contributed by atoms with E-state index in [-0.39, 0.29) is 12.1 Å². The minimum Gasteiger partial charge on any atom is -0.394 e. The molecule has 1 aromatic heterocycles. The second kappa shape index (κ2) is 5.74. The van der Waals surface area contributed by atoms with E-state index in [4.69, 9.17) is 5.11 Å². The van der Waals surface area contributed by atoms with Crippen molar-refractivity contribution in [2.24, 2.45) is 0 Å². The van der Waals surface area contributed by atoms with Gasteiger partial charge in [-0.25, -0.2) is 0 Å². The lowest BCUT2D eigenvalue weighted by Crippen LogP contribution is -2.45. The largest absolute Gasteiger partial charge is 0.394 e. The molecule has 0 aliphatic rings. The van der Waals surface area contributed by atoms with Crippen molar-refractivity contribution in [2.45, 2.75) is 31.9 Å². The van der Waals surface area contributed by atoms with Gasteiger partial charge in [0.05, 0.1) is 12.7 Å². The molecule has 0 radical (unpaired) electrons. The molecule has 4 heteroatoms. The van der Waals surface area contributed by atoms with E-state index >= 15 is 0 Å². The maximum absolute atomic E-state index is 9.40. The van der Waals surface area contributed by atoms with Gasteiger partial charge in [-0.1, -0.05) is 18.2 Å². The molecule has 0 saturated heterocycles. The Morgan fingerprint density at radius 1 is 1.32 bits per heavy atom. The van der Waals surface area contributed by atoms with Gasteiger partial charge in [0, 0.05) is 29.2 Å². The van der Waals surface area contributed by atoms with Crippen LogP contribution in [-0.4, -0.2) is 40.0 Å². The van der Waals surface area contributed by atoms with E-state index in [1.807, 2.05) is 18.3 Å². The summed E-state index contributed by atoms with van der Waals surface area (Å²) < 4.78 is 0. The first-order valence-electron chi connectivity index (χ1n) is 6.61. The topological polar surface area (TPSA) is 68.3 Å². The normalized spacial score (nSPS) is 13.9. The Morgan fingerprint density at radius 2 is 2.05 bits per heavy atom. The molecule has 0 saturated carbocycles. The number of aromatic nitrogens is 1. The SMILES string of the molecule is CC(C)(Cc1c[nH]c2ccccc12)NCC(O)CO. The van der Waals surface area contributed by atoms with E-state index < -0.39 is 6.10 Å². The molecule has 1 atom stereocenters. The van der Waals surface area contributed by atoms with Crippen molar-refractivity contribution in [3.05, 3.63) is 36.0 Å². The fraction of sp³-hybridized carbons (Fsp3) is 0.467. The maximum atomic E-state index is 9.40. The highest BCUT2D eigenvalue weighted by Gasteiger charge is 2.20. The Labute approximate surface area is 113 Å². The monoisotopic (exact) mass is 262 g/mol. The molecule has 0 aliphatic heterocycles. The predicted octanol–water partition coefficient (Wildman–Crippen LogP) is 1.43. The molecule has 1 unspecified atom stereocenters. The lowest BCUT2D eigenvalue weighted by Gasteiger charge is -2.27. The summed E-state index contributed by atoms with van der Waals surface area (Å²) in [7, 11) is 0. The second-order valence-electron chi connectivity index (χ2n) is 5.64. The predicted molar refractivity (Wildman–Crippen MR) is 77.2 cm³/mol. The Hall–Kier alpha value is -1.36. The van der Waals surface area contributed by atoms with Gasteiger partial charge in [-0.3, -0.25) is 0 Å². The molecule has 4 nitrogen and oxygen atoms in total. The van der Waals surface area contributed by atoms with Crippen LogP contribution in [0.2, 0.25) is 0 Å². The average molecular weight is 262 g/mol. The van der Waals surface area contributed by atoms with Crippen molar-refractivity contribution in [1.82, 2.24) is 10.3 Å². The number of H-pyrrole nitrogens is 1. The van der Waals surface area contributed by atoms with Crippen LogP contribution in [0.3, 0.4) is 0 Å². The molecule has 2 aromatic rings. The van der Waals surface area contributed by atoms with Crippen molar-refractivity contribution in [1.29, 1.82) is 0 Å². The molecule has 104 valence electrons. The first-order chi connectivity index (χ1) is 9.02. The van der Waals surface area contributed by atoms with Crippen molar-refractivity contribution < 1.29 is 10.2 Å². The Balaban J connectivity index is 2.07. The number of aliphatic hydroxyl groups excluding tert-OH is 2. The van der Waals surface area contributed by atoms with E-state index in [1.165, 1.54) is 10.9 Å². The highest BCUT2D eigenvalue weighted by atomic mass is 16.3. The smallest absolute Gasteiger partial charge is 0.0895 e. The van der Waals surface area contributed by atoms with Gasteiger partial charge in [-0.15, -0.1) is 0 Å². The van der Waals surface area contributed by atoms with Crippen LogP contribution in [0.25, 0.3) is 10.9 Å². The molecule has 0 amide bonds. The summed E-state index contributed by atoms with van der Waals surface area (Å²) in [5.74, 6) is 0. The van der Waals surface area contributed by atoms with Crippen LogP contribution < -0.4 is 5.32 Å². The van der Waals surface area contributed by atoms with Gasteiger partial charge < -0.3 is 20.5 Å². The minimum atomic E-state index is -0.706. The number of para-hydroxylation sites is 1. The van der Waals surface area contributed by atoms with Crippen molar-refractivity contribution in [3.8, 4) is 0 Å². The van der Waals surface area contributed by atoms with E-state index in [9.17, 15) is 5.11 Å². The van der Waals surface area contributed by atoms with E-state index in [1.54, 1.807) is 0 Å². The Kier molecular flexibility index (Phi) is 4.24. The third-order valence-electron chi connectivity index (χ3n) is 3.33. The molecule has 4 N–H and O–H groups in total. The van der Waals surface area contributed by atoms with Crippen LogP contribution in [0, 0.1) is 0 Å². The summed E-state index contributed by atoms with van der Waals surface area (Å²) in [6, 6.07) is 8.23. The zero-order valence-electron chi connectivity index (χ0n) is 11.5. The Bertz CT molecular complexity index is 534. The third-order valence-corrected chi connectivity index (χ3v) is 3.33. The van der Waals surface area contributed by atoms with Crippen molar-refractivity contribution >= 4 is 10.9 Å². The van der Waals surface area contributed by atoms with Gasteiger partial charge in [0.2, 0.25) is 0 Å². The fourth-order valence-corrected chi connectivity index (χ4v) is 2.28. The highest BCUT2D eigenvalue weighted by Crippen LogP contribution is 2.22. The molecule has 0 bridgehead atoms. The number of hydrogen-bond acceptors (Lipinski definition) is 3. The molecule has 0 spiro atoms. The summed E-state index contributed by atoms with van der Waals surface area (Å²) in [5.41, 5.74) is 2.26. The maximum Gasteiger partial charge on any atom is 0.0895 e. The van der Waals surface area contributed by atoms with Gasteiger partial charge in [-0.2, -0.15) is 0 Å². The average Bonchev–Trinajstić information content (AvgIpc) is 2.79. The zero-order chi connectivity index (χ0) is 13.9. The van der Waals surface area contributed by atoms with Crippen LogP contribution in [-0.2, 0) is 6.42 Å². The number of fused-ring (bicyclic) bond motifs is 1. The minimum absolute atomic E-state index is 0.138. The number of nitrogens with one attached hydrogen (secondary N) is 2. The number of benzene rings is 1. The van der Waals surface area contributed by atoms with Gasteiger partial charge in [0.1, 0.15) is 0 Å². The number of hydrogen-bond donors (Lipinski definition) is 4. The summed E-state index contributed by atoms with van der Waals surface area (Å²) in [4.78, 5) is 3.27. The third kappa shape index (κ3) is 3.56. The summed E-state index contributed by atoms with van der Waals surface area (Å²) in [5, 5.41) is 22.8. The molecule has 1 heterocycles. The molecule has 0 fully saturated rings. The fourth-order valence-electron chi connectivity index (χ4n) is 2.28. The first-order valence-corrected chi connectivity index (χ1v) is 6.61. The Morgan fingerprint density at radius 3 is 2.79 bits per heavy atom. The molecule has 1 aromatic carbocycles. The van der Waals surface area contributed by atoms with Gasteiger partial charge >= 0.3 is 0 Å². The van der Waals surface area contributed by atoms with E-state index in [0.29, 0.717) is 6.54 Å². The summed E-state index contributed by atoms with van der Waals surface area (Å²) in [6.07, 6.45) is 2.19. The number of aliphatic hydroxyl groups is 2. The zero-order valence-corrected chi connectivity index (χ0v) is 11.5. The second-order valence-corrected chi connectivity index (χ2v) is 5.64. The number of aromatic amines is 1. The first kappa shape index (κ1) is 14.1. The van der Waals surface area contributed by atoms with Gasteiger partial charge in [-0.05, 0) is 31.9 Å². The lowest BCUT2D eigenvalue weighted by atomic mass is 9.94. The van der Waals surface area contributed by atoms with Crippen LogP contribution in [0.4, 0.5) is 0 Å². The standard InChI is InChI=1S/C15H22N2O2/c1-15(2,17-9-12(19)10-18)7-11-8-16-14-6-4-3-5-13(11)14/h3-6,8,12,16-19H,7,9-10H2,1-2H3. The number of β-amino-alcohol motifs (C(OH)–C–C–N with tert-alkyl or cyclic N) is 1. The summed E-state index contributed by atoms with van der Waals surface area (Å²) >= 11 is 0. The summed E-state index contributed by atoms with van der Waals surface area (Å²) in [6.45, 7) is 4.37. The highest BCUT2D eigenvalue weighted by molar-refractivity contribution is 5.83. The van der Waals surface area contributed by atoms with E-state index in [0.717, 1.165) is 11.9 Å². The van der Waals surface area contributed by atoms with Crippen LogP contribution in [0.5, 0.6) is 0 Å². The lowest BCUT2D eigenvalue weighted by molar-refractivity contribution is 0.0878. The van der Waals surface area contributed by atoms with Crippen LogP contribution in [0.15, 0.2) is 30.5 Å². The van der Waals surface area contributed by atoms with Crippen molar-refractivity contribution in [2.75, 3.05) is 13.2 Å². The van der Waals surface area contributed by atoms with E-state index in [2.05, 4.69) is 36.3 Å². The van der Waals surface area contributed by atoms with Gasteiger partial charge in [0.25, 0.3) is 0 Å².